The van der Waals surface area contributed by atoms with Gasteiger partial charge in [0.1, 0.15) is 5.57 Å². The molecule has 0 bridgehead atoms. The number of anilines is 2. The van der Waals surface area contributed by atoms with Crippen molar-refractivity contribution in [3.63, 3.8) is 0 Å². The second-order valence-electron chi connectivity index (χ2n) is 5.92. The quantitative estimate of drug-likeness (QED) is 0.666. The summed E-state index contributed by atoms with van der Waals surface area (Å²) in [5.74, 6) is -1.40. The highest BCUT2D eigenvalue weighted by Gasteiger charge is 2.36. The Morgan fingerprint density at radius 1 is 0.962 bits per heavy atom. The van der Waals surface area contributed by atoms with Gasteiger partial charge in [-0.2, -0.15) is 0 Å². The van der Waals surface area contributed by atoms with Crippen molar-refractivity contribution in [3.05, 3.63) is 64.7 Å². The number of carbonyl (C=O) groups is 3. The van der Waals surface area contributed by atoms with E-state index in [0.29, 0.717) is 16.3 Å². The fraction of sp³-hybridized carbons (Fsp3) is 0.105. The minimum Gasteiger partial charge on any atom is -0.378 e. The minimum absolute atomic E-state index is 0.114. The second kappa shape index (κ2) is 7.01. The van der Waals surface area contributed by atoms with Gasteiger partial charge in [-0.1, -0.05) is 23.7 Å². The van der Waals surface area contributed by atoms with Gasteiger partial charge in [-0.05, 0) is 48.0 Å². The summed E-state index contributed by atoms with van der Waals surface area (Å²) in [6.45, 7) is 0. The van der Waals surface area contributed by atoms with Crippen LogP contribution in [0.25, 0.3) is 6.08 Å². The molecule has 0 aromatic heterocycles. The zero-order valence-electron chi connectivity index (χ0n) is 14.2. The zero-order chi connectivity index (χ0) is 18.8. The molecule has 1 N–H and O–H groups in total. The summed E-state index contributed by atoms with van der Waals surface area (Å²) in [4.78, 5) is 39.9. The SMILES string of the molecule is CN(C)c1ccc(/C=C2\C(=O)NC(=O)N(c3ccc(Cl)cc3)C2=O)cc1. The normalized spacial score (nSPS) is 16.0. The Hall–Kier alpha value is -3.12. The van der Waals surface area contributed by atoms with Gasteiger partial charge in [0, 0.05) is 24.8 Å². The summed E-state index contributed by atoms with van der Waals surface area (Å²) in [7, 11) is 3.84. The maximum atomic E-state index is 12.7. The van der Waals surface area contributed by atoms with Crippen molar-refractivity contribution in [1.82, 2.24) is 5.32 Å². The maximum absolute atomic E-state index is 12.7. The number of nitrogens with one attached hydrogen (secondary N) is 1. The Bertz CT molecular complexity index is 903. The van der Waals surface area contributed by atoms with Crippen LogP contribution in [0.15, 0.2) is 54.1 Å². The number of barbiturate groups is 1. The van der Waals surface area contributed by atoms with E-state index in [9.17, 15) is 14.4 Å². The Morgan fingerprint density at radius 3 is 2.15 bits per heavy atom. The van der Waals surface area contributed by atoms with Gasteiger partial charge in [0.25, 0.3) is 11.8 Å². The summed E-state index contributed by atoms with van der Waals surface area (Å²) < 4.78 is 0. The fourth-order valence-electron chi connectivity index (χ4n) is 2.52. The molecule has 0 unspecified atom stereocenters. The topological polar surface area (TPSA) is 69.7 Å². The Kier molecular flexibility index (Phi) is 4.77. The zero-order valence-corrected chi connectivity index (χ0v) is 14.9. The number of nitrogens with zero attached hydrogens (tertiary/aromatic N) is 2. The molecular formula is C19H16ClN3O3. The van der Waals surface area contributed by atoms with Crippen LogP contribution in [0.3, 0.4) is 0 Å². The third-order valence-corrected chi connectivity index (χ3v) is 4.16. The van der Waals surface area contributed by atoms with Crippen LogP contribution in [-0.2, 0) is 9.59 Å². The molecule has 2 aromatic rings. The van der Waals surface area contributed by atoms with Gasteiger partial charge in [0.2, 0.25) is 0 Å². The van der Waals surface area contributed by atoms with Gasteiger partial charge >= 0.3 is 6.03 Å². The standard InChI is InChI=1S/C19H16ClN3O3/c1-22(2)14-7-3-12(4-8-14)11-16-17(24)21-19(26)23(18(16)25)15-9-5-13(20)6-10-15/h3-11H,1-2H3,(H,21,24,26)/b16-11+. The van der Waals surface area contributed by atoms with Crippen molar-refractivity contribution >= 4 is 46.9 Å². The van der Waals surface area contributed by atoms with E-state index in [4.69, 9.17) is 11.6 Å². The first-order chi connectivity index (χ1) is 12.4. The highest BCUT2D eigenvalue weighted by Crippen LogP contribution is 2.24. The number of amides is 4. The first kappa shape index (κ1) is 17.7. The third-order valence-electron chi connectivity index (χ3n) is 3.91. The number of rotatable bonds is 3. The molecule has 0 aliphatic carbocycles. The largest absolute Gasteiger partial charge is 0.378 e. The van der Waals surface area contributed by atoms with E-state index in [2.05, 4.69) is 5.32 Å². The van der Waals surface area contributed by atoms with Crippen LogP contribution < -0.4 is 15.1 Å². The van der Waals surface area contributed by atoms with E-state index in [1.807, 2.05) is 31.1 Å². The van der Waals surface area contributed by atoms with Crippen LogP contribution >= 0.6 is 11.6 Å². The van der Waals surface area contributed by atoms with E-state index >= 15 is 0 Å². The predicted octanol–water partition coefficient (Wildman–Crippen LogP) is 3.07. The highest BCUT2D eigenvalue weighted by atomic mass is 35.5. The van der Waals surface area contributed by atoms with Crippen LogP contribution in [0.2, 0.25) is 5.02 Å². The number of urea groups is 1. The lowest BCUT2D eigenvalue weighted by atomic mass is 10.1. The van der Waals surface area contributed by atoms with Crippen LogP contribution in [0.1, 0.15) is 5.56 Å². The van der Waals surface area contributed by atoms with Crippen LogP contribution in [0, 0.1) is 0 Å². The molecular weight excluding hydrogens is 354 g/mol. The van der Waals surface area contributed by atoms with E-state index in [0.717, 1.165) is 10.6 Å². The van der Waals surface area contributed by atoms with Crippen molar-refractivity contribution in [2.45, 2.75) is 0 Å². The average Bonchev–Trinajstić information content (AvgIpc) is 2.60. The lowest BCUT2D eigenvalue weighted by molar-refractivity contribution is -0.122. The summed E-state index contributed by atoms with van der Waals surface area (Å²) in [5, 5.41) is 2.67. The summed E-state index contributed by atoms with van der Waals surface area (Å²) in [5.41, 5.74) is 1.89. The molecule has 132 valence electrons. The minimum atomic E-state index is -0.789. The van der Waals surface area contributed by atoms with Crippen molar-refractivity contribution in [2.75, 3.05) is 23.9 Å². The number of carbonyl (C=O) groups excluding carboxylic acids is 3. The molecule has 1 fully saturated rings. The summed E-state index contributed by atoms with van der Waals surface area (Å²) in [6.07, 6.45) is 1.46. The summed E-state index contributed by atoms with van der Waals surface area (Å²) in [6, 6.07) is 12.8. The molecule has 1 saturated heterocycles. The third kappa shape index (κ3) is 3.45. The van der Waals surface area contributed by atoms with Crippen LogP contribution in [0.4, 0.5) is 16.2 Å². The van der Waals surface area contributed by atoms with Gasteiger partial charge in [0.15, 0.2) is 0 Å². The summed E-state index contributed by atoms with van der Waals surface area (Å²) >= 11 is 5.84. The Labute approximate surface area is 155 Å². The number of imide groups is 2. The number of benzene rings is 2. The molecule has 0 spiro atoms. The van der Waals surface area contributed by atoms with E-state index in [-0.39, 0.29) is 5.57 Å². The van der Waals surface area contributed by atoms with Gasteiger partial charge in [0.05, 0.1) is 5.69 Å². The number of hydrogen-bond donors (Lipinski definition) is 1. The highest BCUT2D eigenvalue weighted by molar-refractivity contribution is 6.39. The fourth-order valence-corrected chi connectivity index (χ4v) is 2.64. The number of halogens is 1. The Balaban J connectivity index is 1.95. The van der Waals surface area contributed by atoms with Gasteiger partial charge in [-0.3, -0.25) is 14.9 Å². The van der Waals surface area contributed by atoms with Crippen LogP contribution in [0.5, 0.6) is 0 Å². The first-order valence-electron chi connectivity index (χ1n) is 7.81. The average molecular weight is 370 g/mol. The lowest BCUT2D eigenvalue weighted by Gasteiger charge is -2.26. The molecule has 0 radical (unpaired) electrons. The molecule has 1 aliphatic heterocycles. The molecule has 2 aromatic carbocycles. The molecule has 4 amide bonds. The van der Waals surface area contributed by atoms with Gasteiger partial charge in [-0.15, -0.1) is 0 Å². The van der Waals surface area contributed by atoms with Crippen molar-refractivity contribution in [2.24, 2.45) is 0 Å². The first-order valence-corrected chi connectivity index (χ1v) is 8.19. The predicted molar refractivity (Wildman–Crippen MR) is 101 cm³/mol. The van der Waals surface area contributed by atoms with Crippen molar-refractivity contribution in [1.29, 1.82) is 0 Å². The lowest BCUT2D eigenvalue weighted by Crippen LogP contribution is -2.54. The monoisotopic (exact) mass is 369 g/mol. The van der Waals surface area contributed by atoms with E-state index in [1.54, 1.807) is 36.4 Å². The molecule has 0 saturated carbocycles. The molecule has 1 heterocycles. The van der Waals surface area contributed by atoms with Crippen molar-refractivity contribution in [3.8, 4) is 0 Å². The molecule has 1 aliphatic rings. The Morgan fingerprint density at radius 2 is 1.58 bits per heavy atom. The van der Waals surface area contributed by atoms with E-state index < -0.39 is 17.8 Å². The van der Waals surface area contributed by atoms with Crippen LogP contribution in [-0.4, -0.2) is 31.9 Å². The number of hydrogen-bond acceptors (Lipinski definition) is 4. The van der Waals surface area contributed by atoms with Crippen molar-refractivity contribution < 1.29 is 14.4 Å². The maximum Gasteiger partial charge on any atom is 0.335 e. The molecule has 6 nitrogen and oxygen atoms in total. The van der Waals surface area contributed by atoms with Gasteiger partial charge < -0.3 is 4.90 Å². The van der Waals surface area contributed by atoms with Gasteiger partial charge in [-0.25, -0.2) is 9.69 Å². The second-order valence-corrected chi connectivity index (χ2v) is 6.36. The molecule has 7 heteroatoms. The smallest absolute Gasteiger partial charge is 0.335 e. The molecule has 3 rings (SSSR count). The molecule has 26 heavy (non-hydrogen) atoms. The molecule has 0 atom stereocenters. The van der Waals surface area contributed by atoms with E-state index in [1.165, 1.54) is 6.08 Å².